The minimum absolute atomic E-state index is 0.0524. The number of carboxylic acid groups (broad SMARTS) is 2. The molecule has 4 rings (SSSR count). The minimum atomic E-state index is -5.08. The molecule has 3 aromatic rings. The Morgan fingerprint density at radius 3 is 2.11 bits per heavy atom. The van der Waals surface area contributed by atoms with Crippen LogP contribution in [0.3, 0.4) is 0 Å². The molecule has 1 saturated heterocycles. The van der Waals surface area contributed by atoms with Crippen molar-refractivity contribution in [1.82, 2.24) is 24.4 Å². The Morgan fingerprint density at radius 2 is 1.64 bits per heavy atom. The van der Waals surface area contributed by atoms with E-state index in [9.17, 15) is 31.1 Å². The number of aromatic nitrogens is 4. The van der Waals surface area contributed by atoms with Crippen LogP contribution >= 0.6 is 0 Å². The maximum Gasteiger partial charge on any atom is 0.490 e. The Kier molecular flexibility index (Phi) is 12.4. The van der Waals surface area contributed by atoms with E-state index < -0.39 is 24.3 Å². The lowest BCUT2D eigenvalue weighted by Gasteiger charge is -2.32. The molecule has 1 amide bonds. The number of anilines is 1. The van der Waals surface area contributed by atoms with Crippen molar-refractivity contribution in [2.75, 3.05) is 45.3 Å². The third kappa shape index (κ3) is 10.1. The van der Waals surface area contributed by atoms with Gasteiger partial charge in [0, 0.05) is 64.8 Å². The second-order valence-corrected chi connectivity index (χ2v) is 9.42. The van der Waals surface area contributed by atoms with Crippen molar-refractivity contribution in [3.8, 4) is 0 Å². The van der Waals surface area contributed by atoms with E-state index in [1.165, 1.54) is 0 Å². The summed E-state index contributed by atoms with van der Waals surface area (Å²) in [6.45, 7) is 2.82. The average molecular weight is 637 g/mol. The topological polar surface area (TPSA) is 151 Å². The number of likely N-dealkylation sites (N-methyl/N-ethyl adjacent to an activating group) is 1. The van der Waals surface area contributed by atoms with Crippen LogP contribution in [0.2, 0.25) is 0 Å². The molecule has 0 atom stereocenters. The lowest BCUT2D eigenvalue weighted by atomic mass is 9.92. The van der Waals surface area contributed by atoms with E-state index in [0.717, 1.165) is 55.0 Å². The van der Waals surface area contributed by atoms with Gasteiger partial charge in [-0.3, -0.25) is 9.78 Å². The van der Waals surface area contributed by atoms with E-state index in [4.69, 9.17) is 29.5 Å². The second kappa shape index (κ2) is 15.3. The smallest absolute Gasteiger partial charge is 0.475 e. The highest BCUT2D eigenvalue weighted by atomic mass is 19.4. The Morgan fingerprint density at radius 1 is 1.07 bits per heavy atom. The molecule has 1 fully saturated rings. The monoisotopic (exact) mass is 636 g/mol. The SMILES string of the molecule is COCCN(C)c1nc(C2CCN(C(=O)c3cccnc3)CC2)cc2c1ncn2C.O=C(O)C(F)(F)F.O=C(O)C(F)(F)F. The van der Waals surface area contributed by atoms with E-state index in [1.54, 1.807) is 25.6 Å². The first-order chi connectivity index (χ1) is 20.5. The van der Waals surface area contributed by atoms with E-state index in [1.807, 2.05) is 36.0 Å². The number of methoxy groups -OCH3 is 1. The molecule has 0 aliphatic carbocycles. The van der Waals surface area contributed by atoms with Gasteiger partial charge in [0.1, 0.15) is 5.52 Å². The third-order valence-electron chi connectivity index (χ3n) is 6.30. The average Bonchev–Trinajstić information content (AvgIpc) is 3.35. The number of fused-ring (bicyclic) bond motifs is 1. The van der Waals surface area contributed by atoms with Gasteiger partial charge in [-0.25, -0.2) is 19.6 Å². The number of pyridine rings is 2. The van der Waals surface area contributed by atoms with Crippen LogP contribution in [0.1, 0.15) is 34.8 Å². The van der Waals surface area contributed by atoms with Crippen LogP contribution in [-0.2, 0) is 21.4 Å². The molecule has 4 heterocycles. The van der Waals surface area contributed by atoms with Gasteiger partial charge in [0.2, 0.25) is 0 Å². The van der Waals surface area contributed by atoms with Gasteiger partial charge in [-0.05, 0) is 31.0 Å². The van der Waals surface area contributed by atoms with Crippen LogP contribution in [0.15, 0.2) is 36.9 Å². The summed E-state index contributed by atoms with van der Waals surface area (Å²) >= 11 is 0. The van der Waals surface area contributed by atoms with Crippen LogP contribution in [0.4, 0.5) is 32.2 Å². The number of likely N-dealkylation sites (tertiary alicyclic amines) is 1. The number of aliphatic carboxylic acids is 2. The Labute approximate surface area is 246 Å². The molecule has 18 heteroatoms. The van der Waals surface area contributed by atoms with Crippen molar-refractivity contribution in [3.05, 3.63) is 48.2 Å². The fourth-order valence-electron chi connectivity index (χ4n) is 3.99. The summed E-state index contributed by atoms with van der Waals surface area (Å²) < 4.78 is 70.7. The Bertz CT molecular complexity index is 1380. The summed E-state index contributed by atoms with van der Waals surface area (Å²) in [4.78, 5) is 48.1. The zero-order valence-electron chi connectivity index (χ0n) is 23.8. The highest BCUT2D eigenvalue weighted by Gasteiger charge is 2.39. The van der Waals surface area contributed by atoms with Gasteiger partial charge in [0.05, 0.1) is 24.0 Å². The maximum absolute atomic E-state index is 12.7. The van der Waals surface area contributed by atoms with Gasteiger partial charge >= 0.3 is 24.3 Å². The van der Waals surface area contributed by atoms with Gasteiger partial charge in [0.25, 0.3) is 5.91 Å². The molecule has 12 nitrogen and oxygen atoms in total. The molecule has 242 valence electrons. The molecule has 0 aromatic carbocycles. The number of rotatable bonds is 6. The fourth-order valence-corrected chi connectivity index (χ4v) is 3.99. The molecule has 1 aliphatic rings. The summed E-state index contributed by atoms with van der Waals surface area (Å²) in [5.41, 5.74) is 3.70. The molecule has 0 unspecified atom stereocenters. The number of amides is 1. The number of alkyl halides is 6. The van der Waals surface area contributed by atoms with Crippen LogP contribution in [-0.4, -0.2) is 105 Å². The number of aryl methyl sites for hydroxylation is 1. The standard InChI is InChI=1S/C22H28N6O2.2C2HF3O2/c1-26(11-12-30-3)21-20-19(27(2)15-24-20)13-18(25-21)16-6-9-28(10-7-16)22(29)17-5-4-8-23-14-17;2*3-2(4,5)1(6)7/h4-5,8,13-16H,6-7,9-12H2,1-3H3;2*(H,6,7). The van der Waals surface area contributed by atoms with E-state index >= 15 is 0 Å². The third-order valence-corrected chi connectivity index (χ3v) is 6.30. The zero-order chi connectivity index (χ0) is 33.2. The number of imidazole rings is 1. The highest BCUT2D eigenvalue weighted by Crippen LogP contribution is 2.32. The van der Waals surface area contributed by atoms with Gasteiger partial charge in [-0.15, -0.1) is 0 Å². The van der Waals surface area contributed by atoms with Crippen LogP contribution in [0, 0.1) is 0 Å². The first-order valence-electron chi connectivity index (χ1n) is 12.8. The second-order valence-electron chi connectivity index (χ2n) is 9.42. The number of carbonyl (C=O) groups excluding carboxylic acids is 1. The van der Waals surface area contributed by atoms with Gasteiger partial charge in [0.15, 0.2) is 5.82 Å². The minimum Gasteiger partial charge on any atom is -0.475 e. The van der Waals surface area contributed by atoms with Crippen LogP contribution in [0.5, 0.6) is 0 Å². The largest absolute Gasteiger partial charge is 0.490 e. The first-order valence-corrected chi connectivity index (χ1v) is 12.8. The summed E-state index contributed by atoms with van der Waals surface area (Å²) in [5, 5.41) is 14.2. The van der Waals surface area contributed by atoms with Gasteiger partial charge < -0.3 is 29.3 Å². The van der Waals surface area contributed by atoms with Gasteiger partial charge in [-0.1, -0.05) is 0 Å². The lowest BCUT2D eigenvalue weighted by Crippen LogP contribution is -2.38. The number of ether oxygens (including phenoxy) is 1. The van der Waals surface area contributed by atoms with E-state index in [2.05, 4.69) is 20.9 Å². The molecule has 1 aliphatic heterocycles. The molecule has 0 spiro atoms. The van der Waals surface area contributed by atoms with Gasteiger partial charge in [-0.2, -0.15) is 26.3 Å². The molecule has 0 radical (unpaired) electrons. The summed E-state index contributed by atoms with van der Waals surface area (Å²) in [6, 6.07) is 5.77. The number of nitrogens with zero attached hydrogens (tertiary/aromatic N) is 6. The normalized spacial score (nSPS) is 13.8. The maximum atomic E-state index is 12.7. The first kappa shape index (κ1) is 35.7. The number of carbonyl (C=O) groups is 3. The molecule has 2 N–H and O–H groups in total. The number of hydrogen-bond acceptors (Lipinski definition) is 8. The summed E-state index contributed by atoms with van der Waals surface area (Å²) in [5.74, 6) is -4.26. The molecule has 44 heavy (non-hydrogen) atoms. The lowest BCUT2D eigenvalue weighted by molar-refractivity contribution is -0.193. The number of halogens is 6. The Balaban J connectivity index is 0.000000402. The summed E-state index contributed by atoms with van der Waals surface area (Å²) in [6.07, 6.45) is -3.23. The van der Waals surface area contributed by atoms with Crippen molar-refractivity contribution in [2.24, 2.45) is 7.05 Å². The van der Waals surface area contributed by atoms with E-state index in [0.29, 0.717) is 18.1 Å². The zero-order valence-corrected chi connectivity index (χ0v) is 23.8. The number of hydrogen-bond donors (Lipinski definition) is 2. The summed E-state index contributed by atoms with van der Waals surface area (Å²) in [7, 11) is 5.73. The number of carboxylic acids is 2. The predicted octanol–water partition coefficient (Wildman–Crippen LogP) is 3.73. The van der Waals surface area contributed by atoms with Crippen molar-refractivity contribution in [2.45, 2.75) is 31.1 Å². The predicted molar refractivity (Wildman–Crippen MR) is 143 cm³/mol. The molecular weight excluding hydrogens is 606 g/mol. The van der Waals surface area contributed by atoms with Crippen molar-refractivity contribution >= 4 is 34.7 Å². The van der Waals surface area contributed by atoms with Crippen LogP contribution in [0.25, 0.3) is 11.0 Å². The fraction of sp³-hybridized carbons (Fsp3) is 0.462. The molecule has 0 bridgehead atoms. The van der Waals surface area contributed by atoms with Crippen LogP contribution < -0.4 is 4.90 Å². The number of piperidine rings is 1. The van der Waals surface area contributed by atoms with Crippen molar-refractivity contribution in [1.29, 1.82) is 0 Å². The Hall–Kier alpha value is -4.48. The highest BCUT2D eigenvalue weighted by molar-refractivity contribution is 5.94. The molecular formula is C26H30F6N6O6. The van der Waals surface area contributed by atoms with E-state index in [-0.39, 0.29) is 5.91 Å². The molecule has 0 saturated carbocycles. The van der Waals surface area contributed by atoms with Crippen molar-refractivity contribution < 1.29 is 55.7 Å². The quantitative estimate of drug-likeness (QED) is 0.383. The molecule has 3 aromatic heterocycles. The van der Waals surface area contributed by atoms with Crippen molar-refractivity contribution in [3.63, 3.8) is 0 Å².